The van der Waals surface area contributed by atoms with Crippen molar-refractivity contribution in [2.45, 2.75) is 296 Å². The largest absolute Gasteiger partial charge is 0.756 e. The maximum absolute atomic E-state index is 13.6. The molecule has 88 heavy (non-hydrogen) atoms. The van der Waals surface area contributed by atoms with Crippen LogP contribution in [-0.4, -0.2) is 69.4 Å². The highest BCUT2D eigenvalue weighted by Gasteiger charge is 2.27. The third kappa shape index (κ3) is 66.3. The van der Waals surface area contributed by atoms with Crippen LogP contribution in [0.2, 0.25) is 0 Å². The lowest BCUT2D eigenvalue weighted by Crippen LogP contribution is -2.47. The lowest BCUT2D eigenvalue weighted by molar-refractivity contribution is -0.870. The van der Waals surface area contributed by atoms with Crippen LogP contribution in [0.25, 0.3) is 0 Å². The van der Waals surface area contributed by atoms with Gasteiger partial charge in [0, 0.05) is 12.8 Å². The van der Waals surface area contributed by atoms with Crippen LogP contribution in [0.3, 0.4) is 0 Å². The number of nitrogens with one attached hydrogen (secondary N) is 1. The standard InChI is InChI=1S/C78H133N2O7P/c1-7-10-13-16-19-22-25-28-30-32-34-36-38-39-40-41-43-45-47-49-51-53-56-59-62-65-68-71-78(82)87-76(69-66-63-60-57-54-27-24-21-18-15-12-9-3)75(74-86-88(83,84)85-73-72-80(4,5)6)79-77(81)70-67-64-61-58-55-52-50-48-46-44-42-37-35-33-31-29-26-23-20-17-14-11-8-2/h10-11,13-14,19-20,22-23,28-31,34-37,39-40,43-46,66,69,75-76H,7-9,12,15-18,21,24-27,32-33,38,41-42,47-65,67-68,70-74H2,1-6H3,(H-,79,81,83,84)/b13-10-,14-11-,22-19-,23-20-,30-28-,31-29-,36-34-,37-35-,40-39-,45-43-,46-44-,69-66+. The first-order chi connectivity index (χ1) is 42.9. The number of likely N-dealkylation sites (N-methyl/N-ethyl adjacent to an activating group) is 1. The molecule has 0 aliphatic carbocycles. The second-order valence-electron chi connectivity index (χ2n) is 24.6. The first-order valence-corrected chi connectivity index (χ1v) is 37.1. The van der Waals surface area contributed by atoms with Gasteiger partial charge in [-0.3, -0.25) is 14.2 Å². The molecule has 3 unspecified atom stereocenters. The molecule has 0 fully saturated rings. The molecule has 0 bridgehead atoms. The highest BCUT2D eigenvalue weighted by atomic mass is 31.2. The highest BCUT2D eigenvalue weighted by molar-refractivity contribution is 7.45. The van der Waals surface area contributed by atoms with E-state index in [0.717, 1.165) is 148 Å². The van der Waals surface area contributed by atoms with Gasteiger partial charge in [0.15, 0.2) is 0 Å². The van der Waals surface area contributed by atoms with Crippen LogP contribution in [0.5, 0.6) is 0 Å². The molecule has 3 atom stereocenters. The van der Waals surface area contributed by atoms with Crippen molar-refractivity contribution in [3.05, 3.63) is 146 Å². The summed E-state index contributed by atoms with van der Waals surface area (Å²) in [6, 6.07) is -0.910. The summed E-state index contributed by atoms with van der Waals surface area (Å²) in [5.41, 5.74) is 0. The molecule has 0 aromatic heterocycles. The minimum absolute atomic E-state index is 0.0339. The Morgan fingerprint density at radius 1 is 0.409 bits per heavy atom. The molecule has 0 aliphatic rings. The predicted octanol–water partition coefficient (Wildman–Crippen LogP) is 22.3. The second-order valence-corrected chi connectivity index (χ2v) is 26.0. The molecule has 0 saturated heterocycles. The summed E-state index contributed by atoms with van der Waals surface area (Å²) in [4.78, 5) is 40.2. The molecule has 502 valence electrons. The van der Waals surface area contributed by atoms with E-state index in [1.807, 2.05) is 33.3 Å². The summed E-state index contributed by atoms with van der Waals surface area (Å²) >= 11 is 0. The van der Waals surface area contributed by atoms with E-state index in [9.17, 15) is 19.0 Å². The van der Waals surface area contributed by atoms with E-state index in [4.69, 9.17) is 13.8 Å². The number of esters is 1. The number of phosphoric ester groups is 1. The lowest BCUT2D eigenvalue weighted by atomic mass is 10.0. The smallest absolute Gasteiger partial charge is 0.306 e. The van der Waals surface area contributed by atoms with Crippen molar-refractivity contribution in [1.82, 2.24) is 5.32 Å². The van der Waals surface area contributed by atoms with Crippen molar-refractivity contribution in [3.63, 3.8) is 0 Å². The minimum Gasteiger partial charge on any atom is -0.756 e. The number of amides is 1. The summed E-state index contributed by atoms with van der Waals surface area (Å²) in [6.07, 6.45) is 95.3. The number of hydrogen-bond donors (Lipinski definition) is 1. The maximum Gasteiger partial charge on any atom is 0.306 e. The topological polar surface area (TPSA) is 114 Å². The summed E-state index contributed by atoms with van der Waals surface area (Å²) < 4.78 is 30.4. The number of phosphoric acid groups is 1. The average Bonchev–Trinajstić information content (AvgIpc) is 3.61. The molecule has 0 saturated carbocycles. The van der Waals surface area contributed by atoms with Gasteiger partial charge in [-0.2, -0.15) is 0 Å². The number of allylic oxidation sites excluding steroid dienone is 23. The van der Waals surface area contributed by atoms with Gasteiger partial charge in [0.25, 0.3) is 7.82 Å². The lowest BCUT2D eigenvalue weighted by Gasteiger charge is -2.30. The van der Waals surface area contributed by atoms with Crippen LogP contribution in [0.15, 0.2) is 146 Å². The van der Waals surface area contributed by atoms with Gasteiger partial charge in [-0.1, -0.05) is 289 Å². The molecule has 10 heteroatoms. The predicted molar refractivity (Wildman–Crippen MR) is 380 cm³/mol. The van der Waals surface area contributed by atoms with Gasteiger partial charge in [0.1, 0.15) is 19.3 Å². The second kappa shape index (κ2) is 65.8. The third-order valence-electron chi connectivity index (χ3n) is 15.0. The van der Waals surface area contributed by atoms with Gasteiger partial charge in [0.2, 0.25) is 5.91 Å². The van der Waals surface area contributed by atoms with E-state index in [0.29, 0.717) is 23.9 Å². The zero-order valence-electron chi connectivity index (χ0n) is 57.4. The summed E-state index contributed by atoms with van der Waals surface area (Å²) in [5.74, 6) is -0.570. The number of hydrogen-bond acceptors (Lipinski definition) is 7. The van der Waals surface area contributed by atoms with Gasteiger partial charge in [-0.25, -0.2) is 0 Å². The fraction of sp³-hybridized carbons (Fsp3) is 0.667. The molecule has 0 aromatic rings. The Kier molecular flexibility index (Phi) is 62.8. The molecule has 0 aliphatic heterocycles. The molecule has 0 spiro atoms. The quantitative estimate of drug-likeness (QED) is 0.0212. The van der Waals surface area contributed by atoms with Gasteiger partial charge < -0.3 is 28.5 Å². The van der Waals surface area contributed by atoms with Crippen molar-refractivity contribution >= 4 is 19.7 Å². The van der Waals surface area contributed by atoms with Crippen LogP contribution in [0, 0.1) is 0 Å². The van der Waals surface area contributed by atoms with E-state index >= 15 is 0 Å². The van der Waals surface area contributed by atoms with Gasteiger partial charge >= 0.3 is 5.97 Å². The molecule has 1 N–H and O–H groups in total. The number of quaternary nitrogens is 1. The van der Waals surface area contributed by atoms with Crippen LogP contribution in [0.1, 0.15) is 284 Å². The van der Waals surface area contributed by atoms with Gasteiger partial charge in [-0.05, 0) is 128 Å². The van der Waals surface area contributed by atoms with E-state index in [-0.39, 0.29) is 24.9 Å². The van der Waals surface area contributed by atoms with E-state index in [2.05, 4.69) is 160 Å². The summed E-state index contributed by atoms with van der Waals surface area (Å²) in [6.45, 7) is 6.60. The van der Waals surface area contributed by atoms with Crippen molar-refractivity contribution < 1.29 is 37.3 Å². The Morgan fingerprint density at radius 2 is 0.727 bits per heavy atom. The molecule has 1 amide bonds. The molecule has 0 radical (unpaired) electrons. The number of carbonyl (C=O) groups is 2. The number of rotatable bonds is 63. The van der Waals surface area contributed by atoms with Gasteiger partial charge in [0.05, 0.1) is 33.8 Å². The van der Waals surface area contributed by atoms with Crippen LogP contribution >= 0.6 is 7.82 Å². The zero-order valence-corrected chi connectivity index (χ0v) is 58.3. The van der Waals surface area contributed by atoms with E-state index in [1.54, 1.807) is 0 Å². The normalized spacial score (nSPS) is 14.4. The first kappa shape index (κ1) is 83.9. The van der Waals surface area contributed by atoms with Crippen molar-refractivity contribution in [2.75, 3.05) is 40.9 Å². The number of unbranched alkanes of at least 4 members (excludes halogenated alkanes) is 25. The fourth-order valence-electron chi connectivity index (χ4n) is 9.61. The fourth-order valence-corrected chi connectivity index (χ4v) is 10.3. The first-order valence-electron chi connectivity index (χ1n) is 35.6. The Morgan fingerprint density at radius 3 is 1.09 bits per heavy atom. The monoisotopic (exact) mass is 1240 g/mol. The van der Waals surface area contributed by atoms with Crippen molar-refractivity contribution in [1.29, 1.82) is 0 Å². The molecular formula is C78H133N2O7P. The average molecular weight is 1240 g/mol. The number of nitrogens with zero attached hydrogens (tertiary/aromatic N) is 1. The molecule has 0 rings (SSSR count). The van der Waals surface area contributed by atoms with Crippen LogP contribution in [-0.2, 0) is 27.9 Å². The maximum atomic E-state index is 13.6. The van der Waals surface area contributed by atoms with E-state index in [1.165, 1.54) is 96.3 Å². The SMILES string of the molecule is CC/C=C\C/C=C\C/C=C\C/C=C\C/C=C\C/C=C\CCCCCCCCCCC(=O)OC(/C=C/CCCCCCCCCCCC)C(COP(=O)([O-])OCC[N+](C)(C)C)NC(=O)CCCCCCCCC/C=C\C/C=C\C/C=C\C/C=C\C/C=C\CC. The number of carbonyl (C=O) groups excluding carboxylic acids is 2. The third-order valence-corrected chi connectivity index (χ3v) is 16.0. The molecular weight excluding hydrogens is 1110 g/mol. The van der Waals surface area contributed by atoms with Crippen LogP contribution < -0.4 is 10.2 Å². The van der Waals surface area contributed by atoms with Gasteiger partial charge in [-0.15, -0.1) is 0 Å². The Labute approximate surface area is 542 Å². The molecule has 9 nitrogen and oxygen atoms in total. The molecule has 0 aromatic carbocycles. The Hall–Kier alpha value is -4.11. The summed E-state index contributed by atoms with van der Waals surface area (Å²) in [7, 11) is 1.15. The zero-order chi connectivity index (χ0) is 64.2. The van der Waals surface area contributed by atoms with Crippen molar-refractivity contribution in [2.24, 2.45) is 0 Å². The number of ether oxygens (including phenoxy) is 1. The highest BCUT2D eigenvalue weighted by Crippen LogP contribution is 2.38. The Bertz CT molecular complexity index is 2020. The van der Waals surface area contributed by atoms with Crippen molar-refractivity contribution in [3.8, 4) is 0 Å². The van der Waals surface area contributed by atoms with Crippen LogP contribution in [0.4, 0.5) is 0 Å². The molecule has 0 heterocycles. The summed E-state index contributed by atoms with van der Waals surface area (Å²) in [5, 5.41) is 3.03. The minimum atomic E-state index is -4.72. The Balaban J connectivity index is 5.13. The van der Waals surface area contributed by atoms with E-state index < -0.39 is 26.6 Å².